The zero-order chi connectivity index (χ0) is 15.1. The van der Waals surface area contributed by atoms with Gasteiger partial charge in [0.2, 0.25) is 0 Å². The molecule has 0 spiro atoms. The van der Waals surface area contributed by atoms with Gasteiger partial charge in [0, 0.05) is 12.6 Å². The summed E-state index contributed by atoms with van der Waals surface area (Å²) in [6.07, 6.45) is -1.05. The van der Waals surface area contributed by atoms with Crippen LogP contribution in [0.5, 0.6) is 0 Å². The zero-order valence-electron chi connectivity index (χ0n) is 11.6. The standard InChI is InChI=1S/C12H19N5O4/c1-2-16-5-17(8-3-6(19)7(4-18)21-8)10-9(16)11(20)15-12(13)14-10/h5-8,11,18-19H,2-4H2,1H3,(H3,13,14,15)/t6-,7+,8+,11?/m0/s1. The Morgan fingerprint density at radius 1 is 1.67 bits per heavy atom. The molecule has 3 rings (SSSR count). The fourth-order valence-electron chi connectivity index (χ4n) is 2.79. The average molecular weight is 297 g/mol. The molecule has 9 heteroatoms. The van der Waals surface area contributed by atoms with Gasteiger partial charge < -0.3 is 25.8 Å². The van der Waals surface area contributed by atoms with Crippen molar-refractivity contribution in [1.82, 2.24) is 4.57 Å². The Bertz CT molecular complexity index is 572. The van der Waals surface area contributed by atoms with Crippen molar-refractivity contribution in [3.8, 4) is 0 Å². The number of aliphatic hydroxyl groups is 2. The Morgan fingerprint density at radius 3 is 3.05 bits per heavy atom. The highest BCUT2D eigenvalue weighted by Crippen LogP contribution is 2.30. The van der Waals surface area contributed by atoms with Crippen LogP contribution in [0.2, 0.25) is 0 Å². The monoisotopic (exact) mass is 297 g/mol. The largest absolute Gasteiger partial charge is 0.829 e. The first-order chi connectivity index (χ1) is 10.0. The van der Waals surface area contributed by atoms with Crippen molar-refractivity contribution in [1.29, 1.82) is 0 Å². The Morgan fingerprint density at radius 2 is 2.43 bits per heavy atom. The highest BCUT2D eigenvalue weighted by atomic mass is 16.5. The van der Waals surface area contributed by atoms with E-state index in [0.29, 0.717) is 24.5 Å². The molecule has 4 atom stereocenters. The Hall–Kier alpha value is -1.68. The highest BCUT2D eigenvalue weighted by Gasteiger charge is 2.40. The van der Waals surface area contributed by atoms with Crippen molar-refractivity contribution >= 4 is 11.8 Å². The third kappa shape index (κ3) is 2.27. The van der Waals surface area contributed by atoms with Crippen molar-refractivity contribution in [3.05, 3.63) is 12.0 Å². The molecule has 5 N–H and O–H groups in total. The molecule has 0 aliphatic carbocycles. The smallest absolute Gasteiger partial charge is 0.266 e. The number of nitrogens with two attached hydrogens (primary N) is 1. The van der Waals surface area contributed by atoms with Crippen LogP contribution < -0.4 is 20.7 Å². The van der Waals surface area contributed by atoms with Crippen molar-refractivity contribution in [2.75, 3.05) is 11.9 Å². The van der Waals surface area contributed by atoms with E-state index in [1.165, 1.54) is 0 Å². The summed E-state index contributed by atoms with van der Waals surface area (Å²) in [7, 11) is 0. The summed E-state index contributed by atoms with van der Waals surface area (Å²) < 4.78 is 9.13. The lowest BCUT2D eigenvalue weighted by molar-refractivity contribution is -0.747. The first-order valence-electron chi connectivity index (χ1n) is 6.89. The molecule has 0 saturated carbocycles. The molecule has 116 valence electrons. The number of fused-ring (bicyclic) bond motifs is 1. The molecular weight excluding hydrogens is 278 g/mol. The van der Waals surface area contributed by atoms with E-state index in [9.17, 15) is 15.3 Å². The minimum Gasteiger partial charge on any atom is -0.829 e. The number of imidazole rings is 1. The van der Waals surface area contributed by atoms with Crippen LogP contribution in [-0.4, -0.2) is 39.6 Å². The van der Waals surface area contributed by atoms with Crippen LogP contribution in [0.4, 0.5) is 5.82 Å². The fraction of sp³-hybridized carbons (Fsp3) is 0.667. The van der Waals surface area contributed by atoms with E-state index in [-0.39, 0.29) is 12.6 Å². The van der Waals surface area contributed by atoms with Gasteiger partial charge in [0.05, 0.1) is 19.3 Å². The van der Waals surface area contributed by atoms with Crippen molar-refractivity contribution in [3.63, 3.8) is 0 Å². The number of nitrogens with zero attached hydrogens (tertiary/aromatic N) is 3. The van der Waals surface area contributed by atoms with Gasteiger partial charge in [-0.05, 0) is 6.92 Å². The molecule has 0 aromatic carbocycles. The van der Waals surface area contributed by atoms with Gasteiger partial charge in [-0.15, -0.1) is 0 Å². The lowest BCUT2D eigenvalue weighted by Crippen LogP contribution is -2.44. The van der Waals surface area contributed by atoms with Crippen molar-refractivity contribution in [2.24, 2.45) is 10.7 Å². The third-order valence-electron chi connectivity index (χ3n) is 3.85. The number of aromatic nitrogens is 2. The van der Waals surface area contributed by atoms with Gasteiger partial charge in [0.15, 0.2) is 18.2 Å². The Balaban J connectivity index is 1.98. The number of anilines is 1. The quantitative estimate of drug-likeness (QED) is 0.457. The number of hydrogen-bond acceptors (Lipinski definition) is 7. The predicted molar refractivity (Wildman–Crippen MR) is 69.9 cm³/mol. The van der Waals surface area contributed by atoms with Crippen molar-refractivity contribution < 1.29 is 24.6 Å². The number of ether oxygens (including phenoxy) is 1. The van der Waals surface area contributed by atoms with Crippen LogP contribution in [0, 0.1) is 0 Å². The van der Waals surface area contributed by atoms with Crippen LogP contribution in [0.15, 0.2) is 11.3 Å². The van der Waals surface area contributed by atoms with E-state index in [1.807, 2.05) is 6.92 Å². The fourth-order valence-corrected chi connectivity index (χ4v) is 2.79. The van der Waals surface area contributed by atoms with Crippen molar-refractivity contribution in [2.45, 2.75) is 44.6 Å². The molecule has 9 nitrogen and oxygen atoms in total. The molecule has 0 amide bonds. The van der Waals surface area contributed by atoms with Gasteiger partial charge in [-0.3, -0.25) is 4.57 Å². The molecule has 1 fully saturated rings. The first kappa shape index (κ1) is 14.3. The van der Waals surface area contributed by atoms with E-state index in [0.717, 1.165) is 0 Å². The number of aliphatic hydroxyl groups excluding tert-OH is 2. The summed E-state index contributed by atoms with van der Waals surface area (Å²) in [6.45, 7) is 2.26. The molecule has 2 aliphatic heterocycles. The topological polar surface area (TPSA) is 132 Å². The van der Waals surface area contributed by atoms with Crippen LogP contribution in [-0.2, 0) is 11.3 Å². The Labute approximate surface area is 121 Å². The van der Waals surface area contributed by atoms with E-state index in [1.54, 1.807) is 15.5 Å². The highest BCUT2D eigenvalue weighted by molar-refractivity contribution is 5.92. The Kier molecular flexibility index (Phi) is 3.57. The van der Waals surface area contributed by atoms with Gasteiger partial charge in [0.1, 0.15) is 6.10 Å². The van der Waals surface area contributed by atoms with Crippen LogP contribution in [0.25, 0.3) is 0 Å². The maximum Gasteiger partial charge on any atom is 0.266 e. The predicted octanol–water partition coefficient (Wildman–Crippen LogP) is -2.46. The van der Waals surface area contributed by atoms with Crippen LogP contribution in [0.1, 0.15) is 31.5 Å². The molecule has 1 unspecified atom stereocenters. The average Bonchev–Trinajstić information content (AvgIpc) is 2.98. The first-order valence-corrected chi connectivity index (χ1v) is 6.89. The maximum absolute atomic E-state index is 12.1. The number of aryl methyl sites for hydroxylation is 1. The second kappa shape index (κ2) is 5.26. The number of aliphatic imine (C=N–C) groups is 1. The van der Waals surface area contributed by atoms with Gasteiger partial charge >= 0.3 is 0 Å². The maximum atomic E-state index is 12.1. The second-order valence-corrected chi connectivity index (χ2v) is 5.15. The van der Waals surface area contributed by atoms with Gasteiger partial charge in [0.25, 0.3) is 11.8 Å². The molecule has 2 aliphatic rings. The minimum atomic E-state index is -1.29. The lowest BCUT2D eigenvalue weighted by Gasteiger charge is -2.22. The van der Waals surface area contributed by atoms with E-state index < -0.39 is 24.7 Å². The summed E-state index contributed by atoms with van der Waals surface area (Å²) in [5.41, 5.74) is 6.11. The summed E-state index contributed by atoms with van der Waals surface area (Å²) in [6, 6.07) is 0. The van der Waals surface area contributed by atoms with E-state index >= 15 is 0 Å². The molecular formula is C12H19N5O4. The van der Waals surface area contributed by atoms with Gasteiger partial charge in [-0.2, -0.15) is 0 Å². The lowest BCUT2D eigenvalue weighted by atomic mass is 10.2. The van der Waals surface area contributed by atoms with Gasteiger partial charge in [-0.1, -0.05) is 0 Å². The molecule has 21 heavy (non-hydrogen) atoms. The normalized spacial score (nSPS) is 31.7. The van der Waals surface area contributed by atoms with Gasteiger partial charge in [-0.25, -0.2) is 14.9 Å². The van der Waals surface area contributed by atoms with E-state index in [2.05, 4.69) is 10.3 Å². The second-order valence-electron chi connectivity index (χ2n) is 5.15. The molecule has 0 radical (unpaired) electrons. The molecule has 1 aromatic rings. The molecule has 0 bridgehead atoms. The van der Waals surface area contributed by atoms with Crippen LogP contribution in [0.3, 0.4) is 0 Å². The molecule has 1 aromatic heterocycles. The summed E-state index contributed by atoms with van der Waals surface area (Å²) in [5, 5.41) is 34.0. The molecule has 1 saturated heterocycles. The minimum absolute atomic E-state index is 0.0577. The van der Waals surface area contributed by atoms with Crippen LogP contribution >= 0.6 is 0 Å². The number of guanidine groups is 1. The van der Waals surface area contributed by atoms with E-state index in [4.69, 9.17) is 10.5 Å². The molecule has 3 heterocycles. The summed E-state index contributed by atoms with van der Waals surface area (Å²) >= 11 is 0. The number of nitrogens with one attached hydrogen (secondary N) is 1. The summed E-state index contributed by atoms with van der Waals surface area (Å²) in [4.78, 5) is 3.78. The third-order valence-corrected chi connectivity index (χ3v) is 3.85. The number of rotatable bonds is 3. The SMILES string of the molecule is CCn1c[n+]([C@H]2C[C@H](O)[C@@H](CO)O2)c2c1C([O-])N=C(N)N2. The zero-order valence-corrected chi connectivity index (χ0v) is 11.6. The summed E-state index contributed by atoms with van der Waals surface area (Å²) in [5.74, 6) is 0.586. The number of hydrogen-bond donors (Lipinski definition) is 4.